The van der Waals surface area contributed by atoms with Gasteiger partial charge in [0, 0.05) is 11.5 Å². The first kappa shape index (κ1) is 14.3. The van der Waals surface area contributed by atoms with E-state index in [1.54, 1.807) is 0 Å². The van der Waals surface area contributed by atoms with Crippen molar-refractivity contribution in [2.24, 2.45) is 0 Å². The van der Waals surface area contributed by atoms with Crippen LogP contribution in [0.15, 0.2) is 43.0 Å². The molecule has 1 N–H and O–H groups in total. The van der Waals surface area contributed by atoms with E-state index in [4.69, 9.17) is 0 Å². The Morgan fingerprint density at radius 2 is 1.95 bits per heavy atom. The number of rotatable bonds is 9. The number of unbranched alkanes of at least 4 members (excludes halogenated alkanes) is 3. The molecule has 0 heterocycles. The van der Waals surface area contributed by atoms with Crippen molar-refractivity contribution in [2.45, 2.75) is 56.4 Å². The SMILES string of the molecule is C=CCCCCCC(NC)C1(c2ccccc2)CC1. The number of nitrogens with one attached hydrogen (secondary N) is 1. The molecule has 1 aliphatic rings. The summed E-state index contributed by atoms with van der Waals surface area (Å²) < 4.78 is 0. The zero-order valence-corrected chi connectivity index (χ0v) is 12.2. The standard InChI is InChI=1S/C18H27N/c1-3-4-5-6-10-13-17(19-2)18(14-15-18)16-11-8-7-9-12-16/h3,7-9,11-12,17,19H,1,4-6,10,13-15H2,2H3. The van der Waals surface area contributed by atoms with E-state index >= 15 is 0 Å². The molecule has 1 saturated carbocycles. The lowest BCUT2D eigenvalue weighted by Crippen LogP contribution is -2.37. The van der Waals surface area contributed by atoms with Crippen LogP contribution >= 0.6 is 0 Å². The van der Waals surface area contributed by atoms with Crippen LogP contribution in [0.5, 0.6) is 0 Å². The molecule has 0 aromatic heterocycles. The van der Waals surface area contributed by atoms with Crippen LogP contribution in [0.3, 0.4) is 0 Å². The van der Waals surface area contributed by atoms with E-state index in [9.17, 15) is 0 Å². The second kappa shape index (κ2) is 6.91. The summed E-state index contributed by atoms with van der Waals surface area (Å²) in [5.74, 6) is 0. The fourth-order valence-electron chi connectivity index (χ4n) is 3.25. The molecular formula is C18H27N. The molecule has 0 spiro atoms. The summed E-state index contributed by atoms with van der Waals surface area (Å²) in [5.41, 5.74) is 1.95. The van der Waals surface area contributed by atoms with E-state index in [0.717, 1.165) is 6.42 Å². The highest BCUT2D eigenvalue weighted by atomic mass is 14.9. The molecule has 1 fully saturated rings. The highest BCUT2D eigenvalue weighted by Gasteiger charge is 2.49. The molecule has 19 heavy (non-hydrogen) atoms. The average molecular weight is 257 g/mol. The summed E-state index contributed by atoms with van der Waals surface area (Å²) in [4.78, 5) is 0. The van der Waals surface area contributed by atoms with Crippen molar-refractivity contribution >= 4 is 0 Å². The predicted molar refractivity (Wildman–Crippen MR) is 83.5 cm³/mol. The lowest BCUT2D eigenvalue weighted by atomic mass is 9.85. The van der Waals surface area contributed by atoms with Crippen LogP contribution in [0.25, 0.3) is 0 Å². The van der Waals surface area contributed by atoms with Crippen LogP contribution in [0.4, 0.5) is 0 Å². The van der Waals surface area contributed by atoms with Crippen LogP contribution in [0.1, 0.15) is 50.5 Å². The monoisotopic (exact) mass is 257 g/mol. The lowest BCUT2D eigenvalue weighted by Gasteiger charge is -2.27. The molecule has 1 heteroatoms. The van der Waals surface area contributed by atoms with Crippen LogP contribution in [-0.4, -0.2) is 13.1 Å². The topological polar surface area (TPSA) is 12.0 Å². The van der Waals surface area contributed by atoms with Crippen LogP contribution in [0, 0.1) is 0 Å². The van der Waals surface area contributed by atoms with Crippen molar-refractivity contribution in [3.05, 3.63) is 48.6 Å². The minimum Gasteiger partial charge on any atom is -0.316 e. The van der Waals surface area contributed by atoms with Gasteiger partial charge < -0.3 is 5.32 Å². The lowest BCUT2D eigenvalue weighted by molar-refractivity contribution is 0.402. The molecule has 1 aromatic rings. The van der Waals surface area contributed by atoms with Gasteiger partial charge in [-0.25, -0.2) is 0 Å². The van der Waals surface area contributed by atoms with Gasteiger partial charge in [-0.15, -0.1) is 6.58 Å². The smallest absolute Gasteiger partial charge is 0.0161 e. The Bertz CT molecular complexity index is 378. The molecule has 1 atom stereocenters. The van der Waals surface area contributed by atoms with Gasteiger partial charge in [-0.05, 0) is 44.7 Å². The molecule has 1 unspecified atom stereocenters. The summed E-state index contributed by atoms with van der Waals surface area (Å²) in [7, 11) is 2.12. The van der Waals surface area contributed by atoms with Gasteiger partial charge in [-0.3, -0.25) is 0 Å². The summed E-state index contributed by atoms with van der Waals surface area (Å²) in [6, 6.07) is 11.7. The van der Waals surface area contributed by atoms with Gasteiger partial charge in [0.1, 0.15) is 0 Å². The van der Waals surface area contributed by atoms with Gasteiger partial charge in [0.2, 0.25) is 0 Å². The predicted octanol–water partition coefficient (Wildman–Crippen LogP) is 4.44. The normalized spacial score (nSPS) is 17.9. The van der Waals surface area contributed by atoms with E-state index in [2.05, 4.69) is 49.3 Å². The van der Waals surface area contributed by atoms with E-state index in [-0.39, 0.29) is 0 Å². The van der Waals surface area contributed by atoms with Gasteiger partial charge >= 0.3 is 0 Å². The Morgan fingerprint density at radius 3 is 2.53 bits per heavy atom. The third kappa shape index (κ3) is 3.48. The minimum absolute atomic E-state index is 0.425. The molecule has 0 aliphatic heterocycles. The number of hydrogen-bond donors (Lipinski definition) is 1. The second-order valence-electron chi connectivity index (χ2n) is 5.79. The first-order chi connectivity index (χ1) is 9.33. The largest absolute Gasteiger partial charge is 0.316 e. The third-order valence-electron chi connectivity index (χ3n) is 4.55. The zero-order chi connectivity index (χ0) is 13.6. The van der Waals surface area contributed by atoms with E-state index in [0.29, 0.717) is 11.5 Å². The molecule has 1 aromatic carbocycles. The second-order valence-corrected chi connectivity index (χ2v) is 5.79. The van der Waals surface area contributed by atoms with Gasteiger partial charge in [-0.1, -0.05) is 49.2 Å². The average Bonchev–Trinajstić information content (AvgIpc) is 3.25. The summed E-state index contributed by atoms with van der Waals surface area (Å²) in [6.45, 7) is 3.79. The maximum Gasteiger partial charge on any atom is 0.0161 e. The van der Waals surface area contributed by atoms with Crippen LogP contribution < -0.4 is 5.32 Å². The quantitative estimate of drug-likeness (QED) is 0.509. The Balaban J connectivity index is 1.89. The minimum atomic E-state index is 0.425. The summed E-state index contributed by atoms with van der Waals surface area (Å²) in [6.07, 6.45) is 11.1. The summed E-state index contributed by atoms with van der Waals surface area (Å²) in [5, 5.41) is 3.57. The van der Waals surface area contributed by atoms with E-state index < -0.39 is 0 Å². The molecule has 0 radical (unpaired) electrons. The van der Waals surface area contributed by atoms with Crippen molar-refractivity contribution in [1.29, 1.82) is 0 Å². The van der Waals surface area contributed by atoms with Crippen molar-refractivity contribution in [1.82, 2.24) is 5.32 Å². The number of allylic oxidation sites excluding steroid dienone is 1. The molecule has 0 bridgehead atoms. The maximum absolute atomic E-state index is 3.79. The molecular weight excluding hydrogens is 230 g/mol. The van der Waals surface area contributed by atoms with Crippen LogP contribution in [-0.2, 0) is 5.41 Å². The fourth-order valence-corrected chi connectivity index (χ4v) is 3.25. The molecule has 0 amide bonds. The van der Waals surface area contributed by atoms with Crippen molar-refractivity contribution < 1.29 is 0 Å². The van der Waals surface area contributed by atoms with E-state index in [1.807, 2.05) is 6.08 Å². The molecule has 1 nitrogen and oxygen atoms in total. The summed E-state index contributed by atoms with van der Waals surface area (Å²) >= 11 is 0. The molecule has 2 rings (SSSR count). The maximum atomic E-state index is 3.79. The third-order valence-corrected chi connectivity index (χ3v) is 4.55. The van der Waals surface area contributed by atoms with Crippen molar-refractivity contribution in [2.75, 3.05) is 7.05 Å². The van der Waals surface area contributed by atoms with Gasteiger partial charge in [-0.2, -0.15) is 0 Å². The van der Waals surface area contributed by atoms with Crippen molar-refractivity contribution in [3.8, 4) is 0 Å². The van der Waals surface area contributed by atoms with Crippen LogP contribution in [0.2, 0.25) is 0 Å². The number of likely N-dealkylation sites (N-methyl/N-ethyl adjacent to an activating group) is 1. The van der Waals surface area contributed by atoms with Gasteiger partial charge in [0.25, 0.3) is 0 Å². The molecule has 0 saturated heterocycles. The van der Waals surface area contributed by atoms with Crippen molar-refractivity contribution in [3.63, 3.8) is 0 Å². The number of benzene rings is 1. The highest BCUT2D eigenvalue weighted by molar-refractivity contribution is 5.33. The van der Waals surface area contributed by atoms with Gasteiger partial charge in [0.15, 0.2) is 0 Å². The Hall–Kier alpha value is -1.08. The van der Waals surface area contributed by atoms with E-state index in [1.165, 1.54) is 44.1 Å². The first-order valence-electron chi connectivity index (χ1n) is 7.67. The molecule has 1 aliphatic carbocycles. The Kier molecular flexibility index (Phi) is 5.21. The highest BCUT2D eigenvalue weighted by Crippen LogP contribution is 2.51. The fraction of sp³-hybridized carbons (Fsp3) is 0.556. The zero-order valence-electron chi connectivity index (χ0n) is 12.2. The van der Waals surface area contributed by atoms with Gasteiger partial charge in [0.05, 0.1) is 0 Å². The molecule has 104 valence electrons. The Morgan fingerprint density at radius 1 is 1.21 bits per heavy atom. The Labute approximate surface area is 118 Å². The number of hydrogen-bond acceptors (Lipinski definition) is 1. The first-order valence-corrected chi connectivity index (χ1v) is 7.67.